The highest BCUT2D eigenvalue weighted by atomic mass is 32.1. The van der Waals surface area contributed by atoms with Gasteiger partial charge >= 0.3 is 0 Å². The Morgan fingerprint density at radius 2 is 1.23 bits per heavy atom. The molecule has 0 unspecified atom stereocenters. The number of benzene rings is 8. The van der Waals surface area contributed by atoms with E-state index in [1.807, 2.05) is 6.07 Å². The highest BCUT2D eigenvalue weighted by Crippen LogP contribution is 2.45. The monoisotopic (exact) mass is 796 g/mol. The topological polar surface area (TPSA) is 35.6 Å². The third-order valence-electron chi connectivity index (χ3n) is 12.6. The van der Waals surface area contributed by atoms with E-state index >= 15 is 0 Å². The average Bonchev–Trinajstić information content (AvgIpc) is 4.01. The van der Waals surface area contributed by atoms with E-state index in [-0.39, 0.29) is 0 Å². The zero-order valence-corrected chi connectivity index (χ0v) is 33.9. The number of aromatic nitrogens is 4. The summed E-state index contributed by atoms with van der Waals surface area (Å²) in [5.41, 5.74) is 14.1. The summed E-state index contributed by atoms with van der Waals surface area (Å²) in [4.78, 5) is 11.9. The minimum Gasteiger partial charge on any atom is -0.309 e. The largest absolute Gasteiger partial charge is 0.309 e. The molecule has 0 saturated heterocycles. The number of nitrogens with zero attached hydrogens (tertiary/aromatic N) is 4. The van der Waals surface area contributed by atoms with Crippen LogP contribution >= 0.6 is 11.3 Å². The summed E-state index contributed by atoms with van der Waals surface area (Å²) in [5.74, 6) is 1.61. The van der Waals surface area contributed by atoms with Crippen molar-refractivity contribution in [2.45, 2.75) is 12.8 Å². The molecule has 0 saturated carbocycles. The van der Waals surface area contributed by atoms with Crippen LogP contribution in [0.1, 0.15) is 17.5 Å². The van der Waals surface area contributed by atoms with Crippen molar-refractivity contribution in [3.8, 4) is 44.5 Å². The van der Waals surface area contributed by atoms with Gasteiger partial charge in [0.25, 0.3) is 0 Å². The lowest BCUT2D eigenvalue weighted by Gasteiger charge is -2.13. The van der Waals surface area contributed by atoms with Crippen molar-refractivity contribution in [1.29, 1.82) is 0 Å². The molecule has 0 radical (unpaired) electrons. The number of fused-ring (bicyclic) bond motifs is 10. The van der Waals surface area contributed by atoms with Crippen LogP contribution in [-0.4, -0.2) is 19.1 Å². The Balaban J connectivity index is 1.12. The Hall–Kier alpha value is -7.60. The fourth-order valence-electron chi connectivity index (χ4n) is 9.78. The molecule has 61 heavy (non-hydrogen) atoms. The smallest absolute Gasteiger partial charge is 0.162 e. The molecule has 5 heteroatoms. The Bertz CT molecular complexity index is 3740. The maximum absolute atomic E-state index is 5.48. The number of hydrogen-bond acceptors (Lipinski definition) is 3. The second kappa shape index (κ2) is 13.5. The van der Waals surface area contributed by atoms with Gasteiger partial charge in [0.2, 0.25) is 0 Å². The summed E-state index contributed by atoms with van der Waals surface area (Å²) in [6.07, 6.45) is 6.83. The lowest BCUT2D eigenvalue weighted by Crippen LogP contribution is -2.01. The van der Waals surface area contributed by atoms with Crippen LogP contribution in [0.2, 0.25) is 0 Å². The highest BCUT2D eigenvalue weighted by Gasteiger charge is 2.24. The zero-order chi connectivity index (χ0) is 40.0. The minimum absolute atomic E-state index is 0.713. The Morgan fingerprint density at radius 3 is 2.05 bits per heavy atom. The number of rotatable bonds is 5. The highest BCUT2D eigenvalue weighted by molar-refractivity contribution is 7.22. The third-order valence-corrected chi connectivity index (χ3v) is 13.7. The van der Waals surface area contributed by atoms with Gasteiger partial charge in [-0.05, 0) is 94.4 Å². The molecule has 1 aliphatic carbocycles. The van der Waals surface area contributed by atoms with Crippen molar-refractivity contribution < 1.29 is 0 Å². The molecule has 13 rings (SSSR count). The van der Waals surface area contributed by atoms with Gasteiger partial charge in [-0.3, -0.25) is 4.57 Å². The Labute approximate surface area is 355 Å². The fraction of sp³-hybridized carbons (Fsp3) is 0.0357. The van der Waals surface area contributed by atoms with E-state index in [2.05, 4.69) is 197 Å². The number of para-hydroxylation sites is 2. The Kier molecular flexibility index (Phi) is 7.57. The number of aryl methyl sites for hydroxylation is 1. The molecule has 4 aromatic heterocycles. The number of hydrogen-bond donors (Lipinski definition) is 0. The van der Waals surface area contributed by atoms with E-state index in [0.717, 1.165) is 51.2 Å². The first kappa shape index (κ1) is 34.3. The predicted octanol–water partition coefficient (Wildman–Crippen LogP) is 15.0. The molecule has 4 heterocycles. The summed E-state index contributed by atoms with van der Waals surface area (Å²) in [5, 5.41) is 7.38. The van der Waals surface area contributed by atoms with Gasteiger partial charge in [0.05, 0.1) is 32.3 Å². The van der Waals surface area contributed by atoms with Crippen LogP contribution in [0.5, 0.6) is 0 Å². The van der Waals surface area contributed by atoms with Crippen LogP contribution in [0.25, 0.3) is 115 Å². The maximum atomic E-state index is 5.48. The van der Waals surface area contributed by atoms with E-state index in [1.54, 1.807) is 11.3 Å². The predicted molar refractivity (Wildman–Crippen MR) is 257 cm³/mol. The molecular weight excluding hydrogens is 761 g/mol. The number of thiophene rings is 1. The fourth-order valence-corrected chi connectivity index (χ4v) is 10.9. The standard InChI is InChI=1S/C56H36N4S/c1-4-16-36(17-5-1)51-34-47-54(61-51)56(58-55(57-47)37-18-6-2-7-19-37)60-48-29-28-40(32-45(48)46-31-38-20-10-11-21-39(38)33-50(46)60)43-25-14-26-44-52-42-24-13-12-15-35(42)27-30-49(52)59(53(43)44)41-22-8-3-9-23-41/h1-11,13-14,16-34H,12,15H2. The normalized spacial score (nSPS) is 12.7. The van der Waals surface area contributed by atoms with E-state index in [4.69, 9.17) is 9.97 Å². The van der Waals surface area contributed by atoms with Crippen molar-refractivity contribution in [2.24, 2.45) is 0 Å². The minimum atomic E-state index is 0.713. The van der Waals surface area contributed by atoms with Crippen LogP contribution in [0.15, 0.2) is 188 Å². The summed E-state index contributed by atoms with van der Waals surface area (Å²) in [6, 6.07) is 66.0. The van der Waals surface area contributed by atoms with Crippen molar-refractivity contribution in [3.05, 3.63) is 199 Å². The summed E-state index contributed by atoms with van der Waals surface area (Å²) < 4.78 is 5.93. The molecule has 4 nitrogen and oxygen atoms in total. The lowest BCUT2D eigenvalue weighted by molar-refractivity contribution is 0.989. The van der Waals surface area contributed by atoms with Crippen LogP contribution in [0, 0.1) is 0 Å². The number of allylic oxidation sites excluding steroid dienone is 1. The SMILES string of the molecule is C1=Cc2c(ccc3c2c2cccc(-c4ccc5c(c4)c4cc6ccccc6cc4n5-c4nc(-c5ccccc5)nc5cc(-c6ccccc6)sc45)c2n3-c2ccccc2)CC1. The molecule has 0 bridgehead atoms. The Morgan fingerprint density at radius 1 is 0.508 bits per heavy atom. The lowest BCUT2D eigenvalue weighted by atomic mass is 9.92. The van der Waals surface area contributed by atoms with Gasteiger partial charge in [0, 0.05) is 43.2 Å². The first-order valence-electron chi connectivity index (χ1n) is 21.0. The molecule has 0 fully saturated rings. The van der Waals surface area contributed by atoms with Crippen LogP contribution < -0.4 is 0 Å². The van der Waals surface area contributed by atoms with E-state index in [0.29, 0.717) is 5.82 Å². The van der Waals surface area contributed by atoms with Crippen molar-refractivity contribution in [2.75, 3.05) is 0 Å². The molecule has 12 aromatic rings. The van der Waals surface area contributed by atoms with Gasteiger partial charge in [-0.25, -0.2) is 9.97 Å². The molecule has 8 aromatic carbocycles. The summed E-state index contributed by atoms with van der Waals surface area (Å²) >= 11 is 1.76. The van der Waals surface area contributed by atoms with Crippen LogP contribution in [0.3, 0.4) is 0 Å². The van der Waals surface area contributed by atoms with Crippen LogP contribution in [0.4, 0.5) is 0 Å². The van der Waals surface area contributed by atoms with Gasteiger partial charge in [-0.1, -0.05) is 146 Å². The first-order valence-corrected chi connectivity index (χ1v) is 21.8. The summed E-state index contributed by atoms with van der Waals surface area (Å²) in [7, 11) is 0. The van der Waals surface area contributed by atoms with Gasteiger partial charge in [-0.2, -0.15) is 0 Å². The molecule has 1 aliphatic rings. The van der Waals surface area contributed by atoms with Gasteiger partial charge in [0.1, 0.15) is 0 Å². The second-order valence-electron chi connectivity index (χ2n) is 16.1. The van der Waals surface area contributed by atoms with Gasteiger partial charge in [0.15, 0.2) is 11.6 Å². The quantitative estimate of drug-likeness (QED) is 0.174. The molecule has 286 valence electrons. The zero-order valence-electron chi connectivity index (χ0n) is 33.1. The van der Waals surface area contributed by atoms with Crippen molar-refractivity contribution >= 4 is 82.0 Å². The van der Waals surface area contributed by atoms with Crippen molar-refractivity contribution in [3.63, 3.8) is 0 Å². The molecule has 0 N–H and O–H groups in total. The molecule has 0 amide bonds. The second-order valence-corrected chi connectivity index (χ2v) is 17.1. The van der Waals surface area contributed by atoms with Crippen LogP contribution in [-0.2, 0) is 6.42 Å². The maximum Gasteiger partial charge on any atom is 0.162 e. The van der Waals surface area contributed by atoms with Gasteiger partial charge < -0.3 is 4.57 Å². The molecule has 0 atom stereocenters. The molecule has 0 aliphatic heterocycles. The van der Waals surface area contributed by atoms with E-state index < -0.39 is 0 Å². The summed E-state index contributed by atoms with van der Waals surface area (Å²) in [6.45, 7) is 0. The van der Waals surface area contributed by atoms with E-state index in [1.165, 1.54) is 76.0 Å². The van der Waals surface area contributed by atoms with Crippen molar-refractivity contribution in [1.82, 2.24) is 19.1 Å². The third kappa shape index (κ3) is 5.30. The van der Waals surface area contributed by atoms with E-state index in [9.17, 15) is 0 Å². The average molecular weight is 797 g/mol. The molecule has 0 spiro atoms. The first-order chi connectivity index (χ1) is 30.2. The van der Waals surface area contributed by atoms with Gasteiger partial charge in [-0.15, -0.1) is 11.3 Å². The molecular formula is C56H36N4S.